The number of nitrogens with one attached hydrogen (secondary N) is 1. The Bertz CT molecular complexity index is 326. The fourth-order valence-corrected chi connectivity index (χ4v) is 4.34. The van der Waals surface area contributed by atoms with E-state index in [1.807, 2.05) is 0 Å². The lowest BCUT2D eigenvalue weighted by atomic mass is 10.2. The van der Waals surface area contributed by atoms with Crippen LogP contribution in [0.5, 0.6) is 0 Å². The van der Waals surface area contributed by atoms with Gasteiger partial charge in [0.1, 0.15) is 0 Å². The van der Waals surface area contributed by atoms with Crippen molar-refractivity contribution < 1.29 is 4.74 Å². The van der Waals surface area contributed by atoms with Gasteiger partial charge in [-0.2, -0.15) is 11.8 Å². The Morgan fingerprint density at radius 3 is 3.00 bits per heavy atom. The van der Waals surface area contributed by atoms with Crippen molar-refractivity contribution in [2.24, 2.45) is 0 Å². The summed E-state index contributed by atoms with van der Waals surface area (Å²) in [6.45, 7) is 3.99. The summed E-state index contributed by atoms with van der Waals surface area (Å²) in [5.74, 6) is 1.21. The number of hydrogen-bond acceptors (Lipinski definition) is 4. The van der Waals surface area contributed by atoms with Gasteiger partial charge in [0.2, 0.25) is 0 Å². The van der Waals surface area contributed by atoms with E-state index in [4.69, 9.17) is 4.74 Å². The highest BCUT2D eigenvalue weighted by molar-refractivity contribution is 9.10. The van der Waals surface area contributed by atoms with E-state index in [-0.39, 0.29) is 0 Å². The third-order valence-corrected chi connectivity index (χ3v) is 5.80. The monoisotopic (exact) mass is 335 g/mol. The second-order valence-electron chi connectivity index (χ2n) is 4.09. The van der Waals surface area contributed by atoms with E-state index in [9.17, 15) is 0 Å². The van der Waals surface area contributed by atoms with Gasteiger partial charge in [-0.3, -0.25) is 0 Å². The van der Waals surface area contributed by atoms with E-state index in [0.717, 1.165) is 31.6 Å². The molecule has 0 radical (unpaired) electrons. The minimum Gasteiger partial charge on any atom is -0.381 e. The third-order valence-electron chi connectivity index (χ3n) is 2.72. The Balaban J connectivity index is 1.51. The van der Waals surface area contributed by atoms with E-state index in [1.54, 1.807) is 11.3 Å². The summed E-state index contributed by atoms with van der Waals surface area (Å²) in [6.07, 6.45) is 2.45. The Labute approximate surface area is 120 Å². The standard InChI is InChI=1S/C12H18BrNOS2/c13-10-7-12(17-9-10)8-14-3-6-16-11-1-4-15-5-2-11/h7,9,11,14H,1-6,8H2. The van der Waals surface area contributed by atoms with Crippen molar-refractivity contribution in [3.63, 3.8) is 0 Å². The predicted molar refractivity (Wildman–Crippen MR) is 80.0 cm³/mol. The molecule has 1 aromatic heterocycles. The zero-order valence-corrected chi connectivity index (χ0v) is 13.0. The Morgan fingerprint density at radius 1 is 1.47 bits per heavy atom. The highest BCUT2D eigenvalue weighted by Crippen LogP contribution is 2.22. The lowest BCUT2D eigenvalue weighted by Gasteiger charge is -2.21. The first-order valence-corrected chi connectivity index (χ1v) is 8.70. The molecule has 0 saturated carbocycles. The van der Waals surface area contributed by atoms with Gasteiger partial charge < -0.3 is 10.1 Å². The first-order chi connectivity index (χ1) is 8.34. The highest BCUT2D eigenvalue weighted by Gasteiger charge is 2.13. The third kappa shape index (κ3) is 5.30. The number of ether oxygens (including phenoxy) is 1. The maximum atomic E-state index is 5.36. The highest BCUT2D eigenvalue weighted by atomic mass is 79.9. The summed E-state index contributed by atoms with van der Waals surface area (Å²) >= 11 is 7.37. The fourth-order valence-electron chi connectivity index (χ4n) is 1.80. The van der Waals surface area contributed by atoms with Crippen molar-refractivity contribution in [1.29, 1.82) is 0 Å². The van der Waals surface area contributed by atoms with Gasteiger partial charge in [0.05, 0.1) is 0 Å². The lowest BCUT2D eigenvalue weighted by Crippen LogP contribution is -2.21. The predicted octanol–water partition coefficient (Wildman–Crippen LogP) is 3.51. The first kappa shape index (κ1) is 13.9. The van der Waals surface area contributed by atoms with Crippen LogP contribution in [0.1, 0.15) is 17.7 Å². The number of thioether (sulfide) groups is 1. The molecule has 2 nitrogen and oxygen atoms in total. The van der Waals surface area contributed by atoms with Crippen LogP contribution in [0.25, 0.3) is 0 Å². The average molecular weight is 336 g/mol. The van der Waals surface area contributed by atoms with Crippen molar-refractivity contribution >= 4 is 39.0 Å². The smallest absolute Gasteiger partial charge is 0.0476 e. The van der Waals surface area contributed by atoms with Crippen LogP contribution in [0.15, 0.2) is 15.9 Å². The summed E-state index contributed by atoms with van der Waals surface area (Å²) in [4.78, 5) is 1.40. The molecule has 5 heteroatoms. The second kappa shape index (κ2) is 7.79. The zero-order valence-electron chi connectivity index (χ0n) is 9.78. The summed E-state index contributed by atoms with van der Waals surface area (Å²) in [6, 6.07) is 2.18. The van der Waals surface area contributed by atoms with Crippen LogP contribution >= 0.6 is 39.0 Å². The van der Waals surface area contributed by atoms with Gasteiger partial charge in [-0.25, -0.2) is 0 Å². The molecule has 0 atom stereocenters. The number of thiophene rings is 1. The van der Waals surface area contributed by atoms with Crippen molar-refractivity contribution in [2.45, 2.75) is 24.6 Å². The van der Waals surface area contributed by atoms with E-state index in [0.29, 0.717) is 0 Å². The average Bonchev–Trinajstić information content (AvgIpc) is 2.76. The van der Waals surface area contributed by atoms with Crippen molar-refractivity contribution in [1.82, 2.24) is 5.32 Å². The van der Waals surface area contributed by atoms with Gasteiger partial charge in [0.25, 0.3) is 0 Å². The Hall–Kier alpha value is 0.450. The van der Waals surface area contributed by atoms with Crippen LogP contribution in [0, 0.1) is 0 Å². The molecule has 0 aromatic carbocycles. The fraction of sp³-hybridized carbons (Fsp3) is 0.667. The normalized spacial score (nSPS) is 17.5. The Kier molecular flexibility index (Phi) is 6.36. The van der Waals surface area contributed by atoms with E-state index < -0.39 is 0 Å². The van der Waals surface area contributed by atoms with Crippen LogP contribution in [-0.2, 0) is 11.3 Å². The van der Waals surface area contributed by atoms with Gasteiger partial charge in [0, 0.05) is 52.0 Å². The van der Waals surface area contributed by atoms with Crippen molar-refractivity contribution in [3.8, 4) is 0 Å². The van der Waals surface area contributed by atoms with Crippen LogP contribution < -0.4 is 5.32 Å². The van der Waals surface area contributed by atoms with Gasteiger partial charge in [-0.1, -0.05) is 0 Å². The molecule has 1 fully saturated rings. The summed E-state index contributed by atoms with van der Waals surface area (Å²) < 4.78 is 6.55. The number of hydrogen-bond donors (Lipinski definition) is 1. The summed E-state index contributed by atoms with van der Waals surface area (Å²) in [5.41, 5.74) is 0. The molecule has 1 aliphatic rings. The number of halogens is 1. The van der Waals surface area contributed by atoms with Gasteiger partial charge in [0.15, 0.2) is 0 Å². The van der Waals surface area contributed by atoms with Gasteiger partial charge >= 0.3 is 0 Å². The molecule has 0 unspecified atom stereocenters. The van der Waals surface area contributed by atoms with Crippen molar-refractivity contribution in [2.75, 3.05) is 25.5 Å². The summed E-state index contributed by atoms with van der Waals surface area (Å²) in [5, 5.41) is 6.45. The molecule has 96 valence electrons. The molecule has 0 aliphatic carbocycles. The van der Waals surface area contributed by atoms with Crippen LogP contribution in [0.2, 0.25) is 0 Å². The van der Waals surface area contributed by atoms with Gasteiger partial charge in [-0.05, 0) is 34.8 Å². The second-order valence-corrected chi connectivity index (χ2v) is 7.41. The van der Waals surface area contributed by atoms with Gasteiger partial charge in [-0.15, -0.1) is 11.3 Å². The number of rotatable bonds is 6. The zero-order chi connectivity index (χ0) is 11.9. The molecular weight excluding hydrogens is 318 g/mol. The molecule has 2 heterocycles. The maximum absolute atomic E-state index is 5.36. The quantitative estimate of drug-likeness (QED) is 0.804. The topological polar surface area (TPSA) is 21.3 Å². The SMILES string of the molecule is Brc1csc(CNCCSC2CCOCC2)c1. The summed E-state index contributed by atoms with van der Waals surface area (Å²) in [7, 11) is 0. The van der Waals surface area contributed by atoms with E-state index >= 15 is 0 Å². The molecule has 0 bridgehead atoms. The molecule has 1 saturated heterocycles. The van der Waals surface area contributed by atoms with Crippen LogP contribution in [-0.4, -0.2) is 30.8 Å². The Morgan fingerprint density at radius 2 is 2.29 bits per heavy atom. The molecule has 0 spiro atoms. The van der Waals surface area contributed by atoms with Crippen molar-refractivity contribution in [3.05, 3.63) is 20.8 Å². The molecule has 0 amide bonds. The minimum atomic E-state index is 0.821. The maximum Gasteiger partial charge on any atom is 0.0476 e. The molecule has 17 heavy (non-hydrogen) atoms. The molecule has 1 aliphatic heterocycles. The molecular formula is C12H18BrNOS2. The minimum absolute atomic E-state index is 0.821. The largest absolute Gasteiger partial charge is 0.381 e. The first-order valence-electron chi connectivity index (χ1n) is 5.97. The lowest BCUT2D eigenvalue weighted by molar-refractivity contribution is 0.100. The van der Waals surface area contributed by atoms with E-state index in [2.05, 4.69) is 44.5 Å². The van der Waals surface area contributed by atoms with E-state index in [1.165, 1.54) is 27.9 Å². The molecule has 2 rings (SSSR count). The van der Waals surface area contributed by atoms with Crippen LogP contribution in [0.4, 0.5) is 0 Å². The van der Waals surface area contributed by atoms with Crippen LogP contribution in [0.3, 0.4) is 0 Å². The molecule has 1 aromatic rings. The molecule has 1 N–H and O–H groups in total.